The molecule has 0 aliphatic rings. The van der Waals surface area contributed by atoms with Gasteiger partial charge in [0.1, 0.15) is 6.07 Å². The topological polar surface area (TPSA) is 70.0 Å². The Labute approximate surface area is 118 Å². The number of nitrogens with one attached hydrogen (secondary N) is 1. The van der Waals surface area contributed by atoms with Crippen molar-refractivity contribution in [2.45, 2.75) is 18.4 Å². The molecule has 0 spiro atoms. The maximum atomic E-state index is 12.2. The molecule has 20 heavy (non-hydrogen) atoms. The predicted molar refractivity (Wildman–Crippen MR) is 76.4 cm³/mol. The summed E-state index contributed by atoms with van der Waals surface area (Å²) in [5, 5.41) is 8.96. The summed E-state index contributed by atoms with van der Waals surface area (Å²) in [7, 11) is -3.68. The van der Waals surface area contributed by atoms with E-state index < -0.39 is 10.0 Å². The first-order valence-electron chi connectivity index (χ1n) is 6.07. The van der Waals surface area contributed by atoms with Crippen LogP contribution in [0.1, 0.15) is 16.7 Å². The minimum Gasteiger partial charge on any atom is -0.207 e. The lowest BCUT2D eigenvalue weighted by atomic mass is 10.2. The monoisotopic (exact) mass is 286 g/mol. The number of hydrogen-bond acceptors (Lipinski definition) is 3. The number of sulfonamides is 1. The van der Waals surface area contributed by atoms with Crippen molar-refractivity contribution in [3.63, 3.8) is 0 Å². The van der Waals surface area contributed by atoms with E-state index in [9.17, 15) is 8.42 Å². The third-order valence-corrected chi connectivity index (χ3v) is 4.34. The maximum absolute atomic E-state index is 12.2. The van der Waals surface area contributed by atoms with Gasteiger partial charge < -0.3 is 0 Å². The van der Waals surface area contributed by atoms with Crippen molar-refractivity contribution in [1.82, 2.24) is 4.72 Å². The highest BCUT2D eigenvalue weighted by Crippen LogP contribution is 2.14. The van der Waals surface area contributed by atoms with Crippen LogP contribution in [0.3, 0.4) is 0 Å². The first-order chi connectivity index (χ1) is 9.53. The molecule has 0 unspecified atom stereocenters. The quantitative estimate of drug-likeness (QED) is 0.938. The average molecular weight is 286 g/mol. The Balaban J connectivity index is 2.20. The van der Waals surface area contributed by atoms with Crippen LogP contribution >= 0.6 is 0 Å². The molecule has 2 aromatic carbocycles. The van der Waals surface area contributed by atoms with Crippen LogP contribution in [0.5, 0.6) is 0 Å². The molecule has 0 saturated heterocycles. The third-order valence-electron chi connectivity index (χ3n) is 2.88. The summed E-state index contributed by atoms with van der Waals surface area (Å²) >= 11 is 0. The Hall–Kier alpha value is -2.16. The van der Waals surface area contributed by atoms with E-state index in [1.165, 1.54) is 12.1 Å². The lowest BCUT2D eigenvalue weighted by Gasteiger charge is -2.08. The molecule has 5 heteroatoms. The molecule has 2 aromatic rings. The van der Waals surface area contributed by atoms with E-state index in [0.29, 0.717) is 0 Å². The number of aryl methyl sites for hydroxylation is 1. The van der Waals surface area contributed by atoms with E-state index in [1.54, 1.807) is 12.1 Å². The standard InChI is InChI=1S/C15H14N2O2S/c1-12-6-8-13(9-7-12)11-17-20(18,19)15-5-3-2-4-14(15)10-16/h2-9,17H,11H2,1H3. The average Bonchev–Trinajstić information content (AvgIpc) is 2.46. The zero-order chi connectivity index (χ0) is 14.6. The largest absolute Gasteiger partial charge is 0.242 e. The van der Waals surface area contributed by atoms with Gasteiger partial charge in [0.15, 0.2) is 0 Å². The van der Waals surface area contributed by atoms with Crippen molar-refractivity contribution in [2.75, 3.05) is 0 Å². The Kier molecular flexibility index (Phi) is 4.18. The van der Waals surface area contributed by atoms with Crippen molar-refractivity contribution < 1.29 is 8.42 Å². The van der Waals surface area contributed by atoms with E-state index in [0.717, 1.165) is 11.1 Å². The van der Waals surface area contributed by atoms with Gasteiger partial charge in [-0.2, -0.15) is 5.26 Å². The van der Waals surface area contributed by atoms with E-state index in [-0.39, 0.29) is 17.0 Å². The van der Waals surface area contributed by atoms with Gasteiger partial charge in [-0.05, 0) is 24.6 Å². The van der Waals surface area contributed by atoms with Gasteiger partial charge in [-0.1, -0.05) is 42.0 Å². The molecule has 0 radical (unpaired) electrons. The molecular formula is C15H14N2O2S. The minimum atomic E-state index is -3.68. The molecule has 1 N–H and O–H groups in total. The molecule has 0 heterocycles. The van der Waals surface area contributed by atoms with E-state index in [2.05, 4.69) is 4.72 Å². The van der Waals surface area contributed by atoms with E-state index >= 15 is 0 Å². The number of nitriles is 1. The van der Waals surface area contributed by atoms with Gasteiger partial charge in [0.25, 0.3) is 0 Å². The highest BCUT2D eigenvalue weighted by Gasteiger charge is 2.17. The Morgan fingerprint density at radius 3 is 2.40 bits per heavy atom. The number of nitrogens with zero attached hydrogens (tertiary/aromatic N) is 1. The molecular weight excluding hydrogens is 272 g/mol. The summed E-state index contributed by atoms with van der Waals surface area (Å²) in [4.78, 5) is 0.00890. The van der Waals surface area contributed by atoms with Crippen LogP contribution in [0.15, 0.2) is 53.4 Å². The van der Waals surface area contributed by atoms with Crippen LogP contribution in [0.25, 0.3) is 0 Å². The SMILES string of the molecule is Cc1ccc(CNS(=O)(=O)c2ccccc2C#N)cc1. The Morgan fingerprint density at radius 1 is 1.10 bits per heavy atom. The highest BCUT2D eigenvalue weighted by molar-refractivity contribution is 7.89. The minimum absolute atomic E-state index is 0.00890. The molecule has 0 atom stereocenters. The van der Waals surface area contributed by atoms with Crippen molar-refractivity contribution >= 4 is 10.0 Å². The van der Waals surface area contributed by atoms with Gasteiger partial charge in [0.05, 0.1) is 10.5 Å². The molecule has 102 valence electrons. The molecule has 0 amide bonds. The van der Waals surface area contributed by atoms with Gasteiger partial charge in [-0.3, -0.25) is 0 Å². The lowest BCUT2D eigenvalue weighted by Crippen LogP contribution is -2.24. The van der Waals surface area contributed by atoms with Gasteiger partial charge in [-0.25, -0.2) is 13.1 Å². The summed E-state index contributed by atoms with van der Waals surface area (Å²) in [5.74, 6) is 0. The molecule has 0 aliphatic carbocycles. The van der Waals surface area contributed by atoms with Gasteiger partial charge >= 0.3 is 0 Å². The van der Waals surface area contributed by atoms with Crippen LogP contribution < -0.4 is 4.72 Å². The normalized spacial score (nSPS) is 11.0. The second-order valence-electron chi connectivity index (χ2n) is 4.42. The van der Waals surface area contributed by atoms with Gasteiger partial charge in [0.2, 0.25) is 10.0 Å². The number of hydrogen-bond donors (Lipinski definition) is 1. The van der Waals surface area contributed by atoms with Crippen LogP contribution in [0.4, 0.5) is 0 Å². The molecule has 0 fully saturated rings. The summed E-state index contributed by atoms with van der Waals surface area (Å²) in [6, 6.07) is 15.6. The third kappa shape index (κ3) is 3.23. The van der Waals surface area contributed by atoms with Crippen LogP contribution in [-0.4, -0.2) is 8.42 Å². The Morgan fingerprint density at radius 2 is 1.75 bits per heavy atom. The van der Waals surface area contributed by atoms with Crippen LogP contribution in [-0.2, 0) is 16.6 Å². The number of rotatable bonds is 4. The lowest BCUT2D eigenvalue weighted by molar-refractivity contribution is 0.581. The van der Waals surface area contributed by atoms with Gasteiger partial charge in [0, 0.05) is 6.54 Å². The summed E-state index contributed by atoms with van der Waals surface area (Å²) < 4.78 is 26.9. The van der Waals surface area contributed by atoms with Crippen LogP contribution in [0.2, 0.25) is 0 Å². The molecule has 0 saturated carbocycles. The fraction of sp³-hybridized carbons (Fsp3) is 0.133. The summed E-state index contributed by atoms with van der Waals surface area (Å²) in [6.07, 6.45) is 0. The zero-order valence-corrected chi connectivity index (χ0v) is 11.8. The first-order valence-corrected chi connectivity index (χ1v) is 7.55. The highest BCUT2D eigenvalue weighted by atomic mass is 32.2. The van der Waals surface area contributed by atoms with E-state index in [4.69, 9.17) is 5.26 Å². The maximum Gasteiger partial charge on any atom is 0.242 e. The number of benzene rings is 2. The zero-order valence-electron chi connectivity index (χ0n) is 11.0. The molecule has 0 bridgehead atoms. The smallest absolute Gasteiger partial charge is 0.207 e. The fourth-order valence-corrected chi connectivity index (χ4v) is 2.93. The second kappa shape index (κ2) is 5.87. The van der Waals surface area contributed by atoms with Crippen molar-refractivity contribution in [2.24, 2.45) is 0 Å². The van der Waals surface area contributed by atoms with Gasteiger partial charge in [-0.15, -0.1) is 0 Å². The first kappa shape index (κ1) is 14.3. The van der Waals surface area contributed by atoms with Crippen LogP contribution in [0, 0.1) is 18.3 Å². The van der Waals surface area contributed by atoms with Crippen molar-refractivity contribution in [3.8, 4) is 6.07 Å². The molecule has 4 nitrogen and oxygen atoms in total. The van der Waals surface area contributed by atoms with E-state index in [1.807, 2.05) is 37.3 Å². The second-order valence-corrected chi connectivity index (χ2v) is 6.15. The van der Waals surface area contributed by atoms with Crippen molar-refractivity contribution in [3.05, 3.63) is 65.2 Å². The Bertz CT molecular complexity index is 744. The summed E-state index contributed by atoms with van der Waals surface area (Å²) in [5.41, 5.74) is 2.13. The fourth-order valence-electron chi connectivity index (χ4n) is 1.76. The predicted octanol–water partition coefficient (Wildman–Crippen LogP) is 2.35. The molecule has 2 rings (SSSR count). The summed E-state index contributed by atoms with van der Waals surface area (Å²) in [6.45, 7) is 2.17. The molecule has 0 aliphatic heterocycles. The van der Waals surface area contributed by atoms with Crippen molar-refractivity contribution in [1.29, 1.82) is 5.26 Å². The molecule has 0 aromatic heterocycles.